The highest BCUT2D eigenvalue weighted by molar-refractivity contribution is 6.42. The standard InChI is InChI=1S/C16H24Cl2N2O/c1-4-21-11-13-10-20(3)8-7-16(13,19-2)12-5-6-14(17)15(18)9-12/h5-6,9,13,19H,4,7-8,10-11H2,1-3H3. The van der Waals surface area contributed by atoms with Crippen LogP contribution in [0.15, 0.2) is 18.2 Å². The second-order valence-electron chi connectivity index (χ2n) is 5.72. The van der Waals surface area contributed by atoms with Crippen molar-refractivity contribution in [3.63, 3.8) is 0 Å². The van der Waals surface area contributed by atoms with Crippen molar-refractivity contribution < 1.29 is 4.74 Å². The molecular weight excluding hydrogens is 307 g/mol. The van der Waals surface area contributed by atoms with Crippen LogP contribution < -0.4 is 5.32 Å². The Morgan fingerprint density at radius 3 is 2.76 bits per heavy atom. The Hall–Kier alpha value is -0.320. The second kappa shape index (κ2) is 7.30. The van der Waals surface area contributed by atoms with Gasteiger partial charge in [0.2, 0.25) is 0 Å². The quantitative estimate of drug-likeness (QED) is 0.895. The van der Waals surface area contributed by atoms with Crippen LogP contribution in [0.3, 0.4) is 0 Å². The number of halogens is 2. The normalized spacial score (nSPS) is 27.0. The van der Waals surface area contributed by atoms with Gasteiger partial charge in [-0.15, -0.1) is 0 Å². The topological polar surface area (TPSA) is 24.5 Å². The number of nitrogens with zero attached hydrogens (tertiary/aromatic N) is 1. The lowest BCUT2D eigenvalue weighted by molar-refractivity contribution is 0.0123. The van der Waals surface area contributed by atoms with E-state index in [9.17, 15) is 0 Å². The predicted octanol–water partition coefficient (Wildman–Crippen LogP) is 3.40. The number of hydrogen-bond donors (Lipinski definition) is 1. The van der Waals surface area contributed by atoms with Crippen LogP contribution in [-0.4, -0.2) is 45.3 Å². The summed E-state index contributed by atoms with van der Waals surface area (Å²) in [6.07, 6.45) is 1.02. The van der Waals surface area contributed by atoms with E-state index in [2.05, 4.69) is 23.3 Å². The van der Waals surface area contributed by atoms with Crippen molar-refractivity contribution in [2.45, 2.75) is 18.9 Å². The molecule has 0 spiro atoms. The van der Waals surface area contributed by atoms with Gasteiger partial charge in [0.15, 0.2) is 0 Å². The zero-order valence-corrected chi connectivity index (χ0v) is 14.5. The highest BCUT2D eigenvalue weighted by Crippen LogP contribution is 2.39. The van der Waals surface area contributed by atoms with Gasteiger partial charge in [0.1, 0.15) is 0 Å². The van der Waals surface area contributed by atoms with Crippen LogP contribution in [0.25, 0.3) is 0 Å². The van der Waals surface area contributed by atoms with Gasteiger partial charge < -0.3 is 15.0 Å². The Kier molecular flexibility index (Phi) is 5.92. The Bertz CT molecular complexity index is 483. The molecule has 0 amide bonds. The van der Waals surface area contributed by atoms with E-state index in [4.69, 9.17) is 27.9 Å². The van der Waals surface area contributed by atoms with E-state index in [1.807, 2.05) is 26.1 Å². The zero-order valence-electron chi connectivity index (χ0n) is 13.0. The summed E-state index contributed by atoms with van der Waals surface area (Å²) in [5.74, 6) is 0.374. The molecule has 1 aliphatic rings. The van der Waals surface area contributed by atoms with Gasteiger partial charge in [-0.2, -0.15) is 0 Å². The van der Waals surface area contributed by atoms with Crippen LogP contribution in [-0.2, 0) is 10.3 Å². The van der Waals surface area contributed by atoms with E-state index < -0.39 is 0 Å². The molecule has 1 aromatic carbocycles. The SMILES string of the molecule is CCOCC1CN(C)CCC1(NC)c1ccc(Cl)c(Cl)c1. The summed E-state index contributed by atoms with van der Waals surface area (Å²) < 4.78 is 5.73. The first-order valence-corrected chi connectivity index (χ1v) is 8.19. The first kappa shape index (κ1) is 17.0. The van der Waals surface area contributed by atoms with Crippen LogP contribution >= 0.6 is 23.2 Å². The summed E-state index contributed by atoms with van der Waals surface area (Å²) in [5.41, 5.74) is 1.08. The van der Waals surface area contributed by atoms with E-state index in [0.29, 0.717) is 16.0 Å². The third-order valence-corrected chi connectivity index (χ3v) is 5.26. The first-order valence-electron chi connectivity index (χ1n) is 7.44. The second-order valence-corrected chi connectivity index (χ2v) is 6.53. The van der Waals surface area contributed by atoms with Gasteiger partial charge in [-0.3, -0.25) is 0 Å². The van der Waals surface area contributed by atoms with Gasteiger partial charge in [-0.25, -0.2) is 0 Å². The number of nitrogens with one attached hydrogen (secondary N) is 1. The molecule has 2 unspecified atom stereocenters. The average Bonchev–Trinajstić information content (AvgIpc) is 2.48. The maximum absolute atomic E-state index is 6.23. The van der Waals surface area contributed by atoms with Crippen LogP contribution in [0.4, 0.5) is 0 Å². The lowest BCUT2D eigenvalue weighted by Crippen LogP contribution is -2.57. The fraction of sp³-hybridized carbons (Fsp3) is 0.625. The molecule has 1 saturated heterocycles. The van der Waals surface area contributed by atoms with Gasteiger partial charge in [0, 0.05) is 19.1 Å². The Morgan fingerprint density at radius 1 is 1.38 bits per heavy atom. The van der Waals surface area contributed by atoms with Gasteiger partial charge >= 0.3 is 0 Å². The lowest BCUT2D eigenvalue weighted by Gasteiger charge is -2.47. The van der Waals surface area contributed by atoms with Gasteiger partial charge in [-0.05, 0) is 51.7 Å². The minimum atomic E-state index is -0.115. The van der Waals surface area contributed by atoms with Crippen molar-refractivity contribution in [1.82, 2.24) is 10.2 Å². The van der Waals surface area contributed by atoms with Crippen molar-refractivity contribution in [3.05, 3.63) is 33.8 Å². The van der Waals surface area contributed by atoms with Gasteiger partial charge in [-0.1, -0.05) is 29.3 Å². The molecule has 3 nitrogen and oxygen atoms in total. The smallest absolute Gasteiger partial charge is 0.0595 e. The fourth-order valence-corrected chi connectivity index (χ4v) is 3.57. The molecule has 0 radical (unpaired) electrons. The lowest BCUT2D eigenvalue weighted by atomic mass is 9.73. The largest absolute Gasteiger partial charge is 0.381 e. The first-order chi connectivity index (χ1) is 10.0. The fourth-order valence-electron chi connectivity index (χ4n) is 3.28. The third kappa shape index (κ3) is 3.54. The molecule has 1 heterocycles. The molecule has 2 atom stereocenters. The summed E-state index contributed by atoms with van der Waals surface area (Å²) in [6, 6.07) is 5.95. The molecule has 0 aliphatic carbocycles. The number of rotatable bonds is 5. The molecule has 1 N–H and O–H groups in total. The average molecular weight is 331 g/mol. The molecule has 0 bridgehead atoms. The molecule has 21 heavy (non-hydrogen) atoms. The number of benzene rings is 1. The number of piperidine rings is 1. The van der Waals surface area contributed by atoms with Crippen LogP contribution in [0, 0.1) is 5.92 Å². The minimum Gasteiger partial charge on any atom is -0.381 e. The highest BCUT2D eigenvalue weighted by Gasteiger charge is 2.42. The summed E-state index contributed by atoms with van der Waals surface area (Å²) in [6.45, 7) is 5.56. The van der Waals surface area contributed by atoms with E-state index in [-0.39, 0.29) is 5.54 Å². The monoisotopic (exact) mass is 330 g/mol. The Morgan fingerprint density at radius 2 is 2.14 bits per heavy atom. The van der Waals surface area contributed by atoms with E-state index in [1.54, 1.807) is 0 Å². The molecule has 2 rings (SSSR count). The molecule has 1 fully saturated rings. The van der Waals surface area contributed by atoms with Crippen molar-refractivity contribution in [2.75, 3.05) is 40.4 Å². The molecule has 5 heteroatoms. The molecule has 0 saturated carbocycles. The van der Waals surface area contributed by atoms with Crippen molar-refractivity contribution >= 4 is 23.2 Å². The summed E-state index contributed by atoms with van der Waals surface area (Å²) in [7, 11) is 4.18. The van der Waals surface area contributed by atoms with Crippen LogP contribution in [0.5, 0.6) is 0 Å². The molecule has 1 aliphatic heterocycles. The maximum Gasteiger partial charge on any atom is 0.0595 e. The molecule has 118 valence electrons. The third-order valence-electron chi connectivity index (χ3n) is 4.52. The van der Waals surface area contributed by atoms with Crippen molar-refractivity contribution in [1.29, 1.82) is 0 Å². The number of likely N-dealkylation sites (tertiary alicyclic amines) is 1. The molecule has 0 aromatic heterocycles. The number of ether oxygens (including phenoxy) is 1. The van der Waals surface area contributed by atoms with Crippen LogP contribution in [0.1, 0.15) is 18.9 Å². The van der Waals surface area contributed by atoms with Crippen molar-refractivity contribution in [2.24, 2.45) is 5.92 Å². The van der Waals surface area contributed by atoms with E-state index in [1.165, 1.54) is 5.56 Å². The summed E-state index contributed by atoms with van der Waals surface area (Å²) >= 11 is 12.3. The van der Waals surface area contributed by atoms with E-state index in [0.717, 1.165) is 32.7 Å². The summed E-state index contributed by atoms with van der Waals surface area (Å²) in [5, 5.41) is 4.76. The predicted molar refractivity (Wildman–Crippen MR) is 89.3 cm³/mol. The Balaban J connectivity index is 2.37. The zero-order chi connectivity index (χ0) is 15.5. The maximum atomic E-state index is 6.23. The molecular formula is C16H24Cl2N2O. The summed E-state index contributed by atoms with van der Waals surface area (Å²) in [4.78, 5) is 2.36. The van der Waals surface area contributed by atoms with Gasteiger partial charge in [0.05, 0.1) is 22.2 Å². The van der Waals surface area contributed by atoms with Gasteiger partial charge in [0.25, 0.3) is 0 Å². The van der Waals surface area contributed by atoms with Crippen molar-refractivity contribution in [3.8, 4) is 0 Å². The highest BCUT2D eigenvalue weighted by atomic mass is 35.5. The van der Waals surface area contributed by atoms with E-state index >= 15 is 0 Å². The minimum absolute atomic E-state index is 0.115. The number of hydrogen-bond acceptors (Lipinski definition) is 3. The molecule has 1 aromatic rings. The Labute approximate surface area is 137 Å². The van der Waals surface area contributed by atoms with Crippen LogP contribution in [0.2, 0.25) is 10.0 Å².